The van der Waals surface area contributed by atoms with Gasteiger partial charge in [-0.3, -0.25) is 4.72 Å². The molecule has 0 aliphatic heterocycles. The minimum Gasteiger partial charge on any atom is -0.271 e. The van der Waals surface area contributed by atoms with E-state index in [2.05, 4.69) is 4.72 Å². The number of rotatable bonds is 3. The number of anilines is 1. The van der Waals surface area contributed by atoms with Crippen molar-refractivity contribution >= 4 is 27.5 Å². The van der Waals surface area contributed by atoms with Crippen molar-refractivity contribution in [3.8, 4) is 0 Å². The standard InChI is InChI=1S/C8H11ClN2O2S/c1-11(2)14(12,13)10-8-5-3-7(9)4-6-8/h3-6,10H,1-2H3. The van der Waals surface area contributed by atoms with Gasteiger partial charge in [0, 0.05) is 24.8 Å². The molecule has 0 radical (unpaired) electrons. The van der Waals surface area contributed by atoms with Crippen molar-refractivity contribution in [2.75, 3.05) is 18.8 Å². The van der Waals surface area contributed by atoms with Gasteiger partial charge < -0.3 is 0 Å². The third kappa shape index (κ3) is 2.87. The Hall–Kier alpha value is -0.780. The summed E-state index contributed by atoms with van der Waals surface area (Å²) in [6.07, 6.45) is 0. The molecule has 0 saturated carbocycles. The quantitative estimate of drug-likeness (QED) is 0.863. The first-order valence-electron chi connectivity index (χ1n) is 3.87. The summed E-state index contributed by atoms with van der Waals surface area (Å²) in [4.78, 5) is 0. The topological polar surface area (TPSA) is 49.4 Å². The van der Waals surface area contributed by atoms with E-state index < -0.39 is 10.2 Å². The summed E-state index contributed by atoms with van der Waals surface area (Å²) in [6.45, 7) is 0. The summed E-state index contributed by atoms with van der Waals surface area (Å²) in [5.74, 6) is 0. The van der Waals surface area contributed by atoms with Crippen molar-refractivity contribution in [2.24, 2.45) is 0 Å². The molecular weight excluding hydrogens is 224 g/mol. The molecule has 1 aromatic rings. The summed E-state index contributed by atoms with van der Waals surface area (Å²) in [6, 6.07) is 6.44. The Kier molecular flexibility index (Phi) is 3.36. The van der Waals surface area contributed by atoms with Gasteiger partial charge in [0.15, 0.2) is 0 Å². The van der Waals surface area contributed by atoms with Crippen LogP contribution in [0, 0.1) is 0 Å². The molecule has 0 heterocycles. The second-order valence-corrected chi connectivity index (χ2v) is 5.22. The smallest absolute Gasteiger partial charge is 0.271 e. The van der Waals surface area contributed by atoms with E-state index in [0.29, 0.717) is 10.7 Å². The highest BCUT2D eigenvalue weighted by Crippen LogP contribution is 2.14. The van der Waals surface area contributed by atoms with E-state index in [4.69, 9.17) is 11.6 Å². The zero-order valence-corrected chi connectivity index (χ0v) is 9.43. The average Bonchev–Trinajstić information content (AvgIpc) is 2.08. The molecule has 0 spiro atoms. The van der Waals surface area contributed by atoms with Crippen molar-refractivity contribution < 1.29 is 8.42 Å². The fourth-order valence-corrected chi connectivity index (χ4v) is 1.50. The lowest BCUT2D eigenvalue weighted by molar-refractivity contribution is 0.527. The molecular formula is C8H11ClN2O2S. The van der Waals surface area contributed by atoms with Gasteiger partial charge >= 0.3 is 10.2 Å². The fraction of sp³-hybridized carbons (Fsp3) is 0.250. The van der Waals surface area contributed by atoms with Gasteiger partial charge in [0.05, 0.1) is 0 Å². The highest BCUT2D eigenvalue weighted by atomic mass is 35.5. The Morgan fingerprint density at radius 1 is 1.21 bits per heavy atom. The van der Waals surface area contributed by atoms with Crippen LogP contribution in [0.4, 0.5) is 5.69 Å². The van der Waals surface area contributed by atoms with Crippen LogP contribution >= 0.6 is 11.6 Å². The third-order valence-corrected chi connectivity index (χ3v) is 3.28. The molecule has 14 heavy (non-hydrogen) atoms. The van der Waals surface area contributed by atoms with Crippen molar-refractivity contribution in [1.82, 2.24) is 4.31 Å². The lowest BCUT2D eigenvalue weighted by atomic mass is 10.3. The first-order chi connectivity index (χ1) is 6.42. The van der Waals surface area contributed by atoms with Gasteiger partial charge in [0.25, 0.3) is 0 Å². The van der Waals surface area contributed by atoms with E-state index in [1.807, 2.05) is 0 Å². The zero-order valence-electron chi connectivity index (χ0n) is 7.86. The fourth-order valence-electron chi connectivity index (χ4n) is 0.758. The minimum atomic E-state index is -3.42. The van der Waals surface area contributed by atoms with E-state index in [9.17, 15) is 8.42 Å². The van der Waals surface area contributed by atoms with E-state index in [1.165, 1.54) is 14.1 Å². The molecule has 1 rings (SSSR count). The van der Waals surface area contributed by atoms with Gasteiger partial charge in [-0.1, -0.05) is 11.6 Å². The molecule has 0 saturated heterocycles. The number of nitrogens with zero attached hydrogens (tertiary/aromatic N) is 1. The van der Waals surface area contributed by atoms with Crippen molar-refractivity contribution in [2.45, 2.75) is 0 Å². The van der Waals surface area contributed by atoms with Crippen molar-refractivity contribution in [3.05, 3.63) is 29.3 Å². The van der Waals surface area contributed by atoms with Crippen LogP contribution in [0.5, 0.6) is 0 Å². The van der Waals surface area contributed by atoms with Crippen LogP contribution < -0.4 is 4.72 Å². The van der Waals surface area contributed by atoms with Gasteiger partial charge in [-0.15, -0.1) is 0 Å². The second-order valence-electron chi connectivity index (χ2n) is 2.90. The molecule has 4 nitrogen and oxygen atoms in total. The monoisotopic (exact) mass is 234 g/mol. The van der Waals surface area contributed by atoms with Crippen LogP contribution in [0.2, 0.25) is 5.02 Å². The van der Waals surface area contributed by atoms with E-state index in [0.717, 1.165) is 4.31 Å². The van der Waals surface area contributed by atoms with E-state index in [1.54, 1.807) is 24.3 Å². The molecule has 0 aliphatic carbocycles. The summed E-state index contributed by atoms with van der Waals surface area (Å²) < 4.78 is 26.2. The average molecular weight is 235 g/mol. The van der Waals surface area contributed by atoms with Crippen LogP contribution in [0.1, 0.15) is 0 Å². The Morgan fingerprint density at radius 2 is 1.71 bits per heavy atom. The van der Waals surface area contributed by atoms with Crippen LogP contribution in [-0.2, 0) is 10.2 Å². The maximum absolute atomic E-state index is 11.4. The van der Waals surface area contributed by atoms with E-state index >= 15 is 0 Å². The summed E-state index contributed by atoms with van der Waals surface area (Å²) in [7, 11) is -0.511. The molecule has 0 unspecified atom stereocenters. The van der Waals surface area contributed by atoms with Gasteiger partial charge in [-0.2, -0.15) is 12.7 Å². The summed E-state index contributed by atoms with van der Waals surface area (Å²) in [5.41, 5.74) is 0.489. The Labute approximate surface area is 88.7 Å². The molecule has 1 N–H and O–H groups in total. The highest BCUT2D eigenvalue weighted by molar-refractivity contribution is 7.90. The largest absolute Gasteiger partial charge is 0.301 e. The number of halogens is 1. The van der Waals surface area contributed by atoms with E-state index in [-0.39, 0.29) is 0 Å². The van der Waals surface area contributed by atoms with Crippen LogP contribution in [-0.4, -0.2) is 26.8 Å². The van der Waals surface area contributed by atoms with Gasteiger partial charge in [-0.05, 0) is 24.3 Å². The first-order valence-corrected chi connectivity index (χ1v) is 5.69. The zero-order chi connectivity index (χ0) is 10.8. The molecule has 78 valence electrons. The lowest BCUT2D eigenvalue weighted by Crippen LogP contribution is -2.28. The third-order valence-electron chi connectivity index (χ3n) is 1.57. The Morgan fingerprint density at radius 3 is 2.14 bits per heavy atom. The first kappa shape index (κ1) is 11.3. The molecule has 0 aliphatic rings. The van der Waals surface area contributed by atoms with Gasteiger partial charge in [-0.25, -0.2) is 0 Å². The molecule has 0 fully saturated rings. The predicted octanol–water partition coefficient (Wildman–Crippen LogP) is 1.56. The lowest BCUT2D eigenvalue weighted by Gasteiger charge is -2.12. The molecule has 0 aromatic heterocycles. The van der Waals surface area contributed by atoms with Crippen LogP contribution in [0.3, 0.4) is 0 Å². The minimum absolute atomic E-state index is 0.489. The molecule has 6 heteroatoms. The maximum Gasteiger partial charge on any atom is 0.301 e. The Balaban J connectivity index is 2.85. The second kappa shape index (κ2) is 4.16. The molecule has 0 bridgehead atoms. The highest BCUT2D eigenvalue weighted by Gasteiger charge is 2.12. The van der Waals surface area contributed by atoms with Crippen LogP contribution in [0.15, 0.2) is 24.3 Å². The normalized spacial score (nSPS) is 11.7. The summed E-state index contributed by atoms with van der Waals surface area (Å²) >= 11 is 5.66. The van der Waals surface area contributed by atoms with Gasteiger partial charge in [0.1, 0.15) is 0 Å². The number of nitrogens with one attached hydrogen (secondary N) is 1. The number of hydrogen-bond acceptors (Lipinski definition) is 2. The SMILES string of the molecule is CN(C)S(=O)(=O)Nc1ccc(Cl)cc1. The molecule has 1 aromatic carbocycles. The van der Waals surface area contributed by atoms with Crippen molar-refractivity contribution in [1.29, 1.82) is 0 Å². The summed E-state index contributed by atoms with van der Waals surface area (Å²) in [5, 5.41) is 0.567. The van der Waals surface area contributed by atoms with Gasteiger partial charge in [0.2, 0.25) is 0 Å². The van der Waals surface area contributed by atoms with Crippen LogP contribution in [0.25, 0.3) is 0 Å². The predicted molar refractivity (Wildman–Crippen MR) is 57.7 cm³/mol. The van der Waals surface area contributed by atoms with Crippen molar-refractivity contribution in [3.63, 3.8) is 0 Å². The number of benzene rings is 1. The number of hydrogen-bond donors (Lipinski definition) is 1. The molecule has 0 amide bonds. The Bertz CT molecular complexity index is 400. The molecule has 0 atom stereocenters. The maximum atomic E-state index is 11.4.